The second kappa shape index (κ2) is 8.17. The van der Waals surface area contributed by atoms with E-state index in [9.17, 15) is 0 Å². The molecule has 0 aromatic heterocycles. The average Bonchev–Trinajstić information content (AvgIpc) is 2.80. The van der Waals surface area contributed by atoms with Crippen molar-refractivity contribution in [1.29, 1.82) is 0 Å². The molecule has 0 aliphatic heterocycles. The number of halogens is 1. The van der Waals surface area contributed by atoms with Gasteiger partial charge in [-0.3, -0.25) is 0 Å². The monoisotopic (exact) mass is 447 g/mol. The first-order valence-electron chi connectivity index (χ1n) is 13.1. The summed E-state index contributed by atoms with van der Waals surface area (Å²) < 4.78 is 0. The molecule has 1 nitrogen and oxygen atoms in total. The average molecular weight is 448 g/mol. The van der Waals surface area contributed by atoms with Gasteiger partial charge in [-0.1, -0.05) is 54.1 Å². The first-order valence-corrected chi connectivity index (χ1v) is 13.5. The van der Waals surface area contributed by atoms with Gasteiger partial charge in [-0.25, -0.2) is 0 Å². The minimum atomic E-state index is 0.398. The number of benzene rings is 2. The van der Waals surface area contributed by atoms with Crippen LogP contribution < -0.4 is 5.32 Å². The van der Waals surface area contributed by atoms with Crippen molar-refractivity contribution < 1.29 is 0 Å². The fourth-order valence-corrected chi connectivity index (χ4v) is 8.96. The Morgan fingerprint density at radius 2 is 1.50 bits per heavy atom. The summed E-state index contributed by atoms with van der Waals surface area (Å²) in [5.41, 5.74) is 4.00. The molecule has 0 spiro atoms. The topological polar surface area (TPSA) is 12.0 Å². The fourth-order valence-electron chi connectivity index (χ4n) is 8.83. The van der Waals surface area contributed by atoms with Gasteiger partial charge in [0, 0.05) is 17.1 Å². The lowest BCUT2D eigenvalue weighted by Crippen LogP contribution is -2.61. The molecule has 0 radical (unpaired) electrons. The van der Waals surface area contributed by atoms with E-state index in [4.69, 9.17) is 11.6 Å². The predicted octanol–water partition coefficient (Wildman–Crippen LogP) is 7.88. The van der Waals surface area contributed by atoms with Crippen molar-refractivity contribution in [3.05, 3.63) is 70.7 Å². The Kier molecular flexibility index (Phi) is 5.42. The Labute approximate surface area is 199 Å². The van der Waals surface area contributed by atoms with Crippen molar-refractivity contribution in [1.82, 2.24) is 5.32 Å². The Morgan fingerprint density at radius 3 is 2.16 bits per heavy atom. The summed E-state index contributed by atoms with van der Waals surface area (Å²) >= 11 is 6.24. The molecule has 3 atom stereocenters. The maximum Gasteiger partial charge on any atom is 0.0406 e. The predicted molar refractivity (Wildman–Crippen MR) is 134 cm³/mol. The van der Waals surface area contributed by atoms with Crippen LogP contribution in [0.15, 0.2) is 54.6 Å². The molecule has 0 saturated heterocycles. The Hall–Kier alpha value is -1.31. The molecule has 5 saturated carbocycles. The highest BCUT2D eigenvalue weighted by Crippen LogP contribution is 2.66. The lowest BCUT2D eigenvalue weighted by atomic mass is 9.41. The van der Waals surface area contributed by atoms with Crippen molar-refractivity contribution in [3.63, 3.8) is 0 Å². The highest BCUT2D eigenvalue weighted by atomic mass is 35.5. The van der Waals surface area contributed by atoms with Gasteiger partial charge >= 0.3 is 0 Å². The molecule has 32 heavy (non-hydrogen) atoms. The molecule has 5 fully saturated rings. The molecule has 2 aromatic rings. The van der Waals surface area contributed by atoms with Gasteiger partial charge in [-0.15, -0.1) is 0 Å². The molecule has 5 aliphatic rings. The van der Waals surface area contributed by atoms with Crippen molar-refractivity contribution in [3.8, 4) is 0 Å². The van der Waals surface area contributed by atoms with Crippen molar-refractivity contribution in [2.75, 3.05) is 0 Å². The quantitative estimate of drug-likeness (QED) is 0.491. The summed E-state index contributed by atoms with van der Waals surface area (Å²) in [6, 6.07) is 21.4. The third-order valence-corrected chi connectivity index (χ3v) is 10.2. The SMILES string of the molecule is C[C@@H](NC1CCC(c2ccccc2)CC1)C12C[C@@H]3C[C@H](CC(c4ccc(Cl)cc4)(C3)C1)C2. The number of nitrogens with one attached hydrogen (secondary N) is 1. The molecule has 0 amide bonds. The van der Waals surface area contributed by atoms with E-state index < -0.39 is 0 Å². The zero-order valence-electron chi connectivity index (χ0n) is 19.5. The lowest BCUT2D eigenvalue weighted by Gasteiger charge is -2.64. The van der Waals surface area contributed by atoms with E-state index in [1.54, 1.807) is 11.1 Å². The van der Waals surface area contributed by atoms with E-state index in [0.29, 0.717) is 22.9 Å². The minimum absolute atomic E-state index is 0.398. The largest absolute Gasteiger partial charge is 0.311 e. The number of hydrogen-bond acceptors (Lipinski definition) is 1. The van der Waals surface area contributed by atoms with Crippen LogP contribution in [-0.4, -0.2) is 12.1 Å². The summed E-state index contributed by atoms with van der Waals surface area (Å²) in [5, 5.41) is 5.07. The van der Waals surface area contributed by atoms with Crippen molar-refractivity contribution in [2.24, 2.45) is 17.3 Å². The normalized spacial score (nSPS) is 39.2. The van der Waals surface area contributed by atoms with Crippen LogP contribution in [0.4, 0.5) is 0 Å². The summed E-state index contributed by atoms with van der Waals surface area (Å²) in [6.45, 7) is 2.53. The van der Waals surface area contributed by atoms with Crippen LogP contribution in [0.25, 0.3) is 0 Å². The fraction of sp³-hybridized carbons (Fsp3) is 0.600. The molecule has 170 valence electrons. The van der Waals surface area contributed by atoms with E-state index in [2.05, 4.69) is 66.8 Å². The van der Waals surface area contributed by atoms with E-state index in [1.165, 1.54) is 64.2 Å². The Bertz CT molecular complexity index is 913. The third-order valence-electron chi connectivity index (χ3n) is 9.97. The smallest absolute Gasteiger partial charge is 0.0406 e. The molecule has 2 aromatic carbocycles. The molecule has 0 unspecified atom stereocenters. The summed E-state index contributed by atoms with van der Waals surface area (Å²) in [5.74, 6) is 2.60. The highest BCUT2D eigenvalue weighted by Gasteiger charge is 2.59. The van der Waals surface area contributed by atoms with Crippen LogP contribution in [0.3, 0.4) is 0 Å². The van der Waals surface area contributed by atoms with Gasteiger partial charge in [0.05, 0.1) is 0 Å². The minimum Gasteiger partial charge on any atom is -0.311 e. The van der Waals surface area contributed by atoms with Gasteiger partial charge in [0.1, 0.15) is 0 Å². The third kappa shape index (κ3) is 3.74. The van der Waals surface area contributed by atoms with E-state index >= 15 is 0 Å². The molecular weight excluding hydrogens is 410 g/mol. The lowest BCUT2D eigenvalue weighted by molar-refractivity contribution is -0.0901. The van der Waals surface area contributed by atoms with Crippen LogP contribution >= 0.6 is 11.6 Å². The molecule has 7 rings (SSSR count). The molecule has 4 bridgehead atoms. The van der Waals surface area contributed by atoms with Crippen molar-refractivity contribution in [2.45, 2.75) is 94.5 Å². The highest BCUT2D eigenvalue weighted by molar-refractivity contribution is 6.30. The number of rotatable bonds is 5. The van der Waals surface area contributed by atoms with Crippen LogP contribution in [0.1, 0.15) is 88.2 Å². The van der Waals surface area contributed by atoms with Gasteiger partial charge < -0.3 is 5.32 Å². The first-order chi connectivity index (χ1) is 15.5. The number of hydrogen-bond donors (Lipinski definition) is 1. The van der Waals surface area contributed by atoms with Crippen LogP contribution in [0.5, 0.6) is 0 Å². The molecule has 0 heterocycles. The molecule has 5 aliphatic carbocycles. The molecule has 2 heteroatoms. The van der Waals surface area contributed by atoms with E-state index in [0.717, 1.165) is 22.8 Å². The second-order valence-corrected chi connectivity index (χ2v) is 12.4. The van der Waals surface area contributed by atoms with Gasteiger partial charge in [-0.2, -0.15) is 0 Å². The van der Waals surface area contributed by atoms with Gasteiger partial charge in [0.15, 0.2) is 0 Å². The zero-order chi connectivity index (χ0) is 21.8. The van der Waals surface area contributed by atoms with Crippen LogP contribution in [0.2, 0.25) is 5.02 Å². The standard InChI is InChI=1S/C30H38ClN/c1-21(32-28-13-7-25(8-14-28)24-5-3-2-4-6-24)29-16-22-15-23(17-29)19-30(18-22,20-29)26-9-11-27(31)12-10-26/h2-6,9-12,21-23,25,28,32H,7-8,13-20H2,1H3/t21-,22+,23+,25?,28?,29?,30?/m1/s1. The Morgan fingerprint density at radius 1 is 0.844 bits per heavy atom. The van der Waals surface area contributed by atoms with Crippen LogP contribution in [0, 0.1) is 17.3 Å². The van der Waals surface area contributed by atoms with Gasteiger partial charge in [-0.05, 0) is 123 Å². The molecule has 1 N–H and O–H groups in total. The Balaban J connectivity index is 1.16. The summed E-state index contributed by atoms with van der Waals surface area (Å²) in [6.07, 6.45) is 13.9. The zero-order valence-corrected chi connectivity index (χ0v) is 20.3. The first kappa shape index (κ1) is 21.2. The second-order valence-electron chi connectivity index (χ2n) is 12.0. The van der Waals surface area contributed by atoms with E-state index in [-0.39, 0.29) is 0 Å². The van der Waals surface area contributed by atoms with Crippen LogP contribution in [-0.2, 0) is 5.41 Å². The van der Waals surface area contributed by atoms with Crippen molar-refractivity contribution >= 4 is 11.6 Å². The van der Waals surface area contributed by atoms with E-state index in [1.807, 2.05) is 0 Å². The van der Waals surface area contributed by atoms with Gasteiger partial charge in [0.2, 0.25) is 0 Å². The maximum absolute atomic E-state index is 6.24. The summed E-state index contributed by atoms with van der Waals surface area (Å²) in [7, 11) is 0. The summed E-state index contributed by atoms with van der Waals surface area (Å²) in [4.78, 5) is 0. The van der Waals surface area contributed by atoms with Gasteiger partial charge in [0.25, 0.3) is 0 Å². The maximum atomic E-state index is 6.24. The molecular formula is C30H38ClN.